The van der Waals surface area contributed by atoms with E-state index in [1.165, 1.54) is 6.42 Å². The third-order valence-electron chi connectivity index (χ3n) is 3.54. The fraction of sp³-hybridized carbons (Fsp3) is 0.375. The number of hydrogen-bond donors (Lipinski definition) is 1. The molecule has 6 heteroatoms. The Morgan fingerprint density at radius 3 is 2.95 bits per heavy atom. The average molecular weight is 338 g/mol. The van der Waals surface area contributed by atoms with Crippen molar-refractivity contribution in [3.8, 4) is 6.07 Å². The first-order valence-corrected chi connectivity index (χ1v) is 7.87. The molecule has 0 aliphatic carbocycles. The van der Waals surface area contributed by atoms with Crippen LogP contribution in [0, 0.1) is 17.2 Å². The van der Waals surface area contributed by atoms with Crippen LogP contribution in [0.25, 0.3) is 0 Å². The van der Waals surface area contributed by atoms with Gasteiger partial charge in [-0.25, -0.2) is 0 Å². The van der Waals surface area contributed by atoms with Crippen LogP contribution < -0.4 is 5.32 Å². The second kappa shape index (κ2) is 7.53. The van der Waals surface area contributed by atoms with Crippen LogP contribution in [0.1, 0.15) is 19.8 Å². The highest BCUT2D eigenvalue weighted by atomic mass is 35.5. The molecule has 1 saturated heterocycles. The van der Waals surface area contributed by atoms with Gasteiger partial charge in [-0.15, -0.1) is 0 Å². The van der Waals surface area contributed by atoms with Gasteiger partial charge in [0.2, 0.25) is 0 Å². The van der Waals surface area contributed by atoms with E-state index in [4.69, 9.17) is 23.2 Å². The number of nitrogens with one attached hydrogen (secondary N) is 1. The lowest BCUT2D eigenvalue weighted by Gasteiger charge is -2.29. The predicted molar refractivity (Wildman–Crippen MR) is 88.8 cm³/mol. The Morgan fingerprint density at radius 1 is 1.50 bits per heavy atom. The maximum absolute atomic E-state index is 12.2. The summed E-state index contributed by atoms with van der Waals surface area (Å²) in [5, 5.41) is 12.7. The topological polar surface area (TPSA) is 56.1 Å². The molecule has 1 aliphatic rings. The first kappa shape index (κ1) is 16.7. The van der Waals surface area contributed by atoms with E-state index in [9.17, 15) is 10.1 Å². The number of halogens is 2. The van der Waals surface area contributed by atoms with Crippen molar-refractivity contribution in [2.75, 3.05) is 18.4 Å². The number of carbonyl (C=O) groups excluding carboxylic acids is 1. The Bertz CT molecular complexity index is 637. The lowest BCUT2D eigenvalue weighted by Crippen LogP contribution is -2.31. The van der Waals surface area contributed by atoms with Gasteiger partial charge in [0.25, 0.3) is 5.91 Å². The number of rotatable bonds is 3. The molecule has 1 aromatic carbocycles. The molecule has 0 aromatic heterocycles. The molecule has 1 aliphatic heterocycles. The summed E-state index contributed by atoms with van der Waals surface area (Å²) in [7, 11) is 0. The lowest BCUT2D eigenvalue weighted by molar-refractivity contribution is -0.112. The molecule has 1 unspecified atom stereocenters. The molecule has 1 fully saturated rings. The van der Waals surface area contributed by atoms with E-state index in [0.717, 1.165) is 19.5 Å². The van der Waals surface area contributed by atoms with Crippen molar-refractivity contribution in [3.05, 3.63) is 40.0 Å². The Balaban J connectivity index is 2.12. The molecular weight excluding hydrogens is 321 g/mol. The zero-order chi connectivity index (χ0) is 16.1. The summed E-state index contributed by atoms with van der Waals surface area (Å²) in [4.78, 5) is 14.3. The van der Waals surface area contributed by atoms with Gasteiger partial charge in [0.1, 0.15) is 11.6 Å². The summed E-state index contributed by atoms with van der Waals surface area (Å²) in [6.07, 6.45) is 3.87. The lowest BCUT2D eigenvalue weighted by atomic mass is 10.0. The SMILES string of the molecule is CC1CCCN(/C=C(/C#N)C(=O)Nc2cc(Cl)ccc2Cl)C1. The van der Waals surface area contributed by atoms with Crippen molar-refractivity contribution < 1.29 is 4.79 Å². The molecule has 1 aromatic rings. The van der Waals surface area contributed by atoms with Crippen LogP contribution in [0.5, 0.6) is 0 Å². The van der Waals surface area contributed by atoms with Gasteiger partial charge in [-0.05, 0) is 37.0 Å². The van der Waals surface area contributed by atoms with Crippen molar-refractivity contribution in [3.63, 3.8) is 0 Å². The van der Waals surface area contributed by atoms with Gasteiger partial charge in [0, 0.05) is 24.3 Å². The molecule has 1 N–H and O–H groups in total. The first-order valence-electron chi connectivity index (χ1n) is 7.12. The standard InChI is InChI=1S/C16H17Cl2N3O/c1-11-3-2-6-21(9-11)10-12(8-19)16(22)20-15-7-13(17)4-5-14(15)18/h4-5,7,10-11H,2-3,6,9H2,1H3,(H,20,22)/b12-10-. The number of likely N-dealkylation sites (tertiary alicyclic amines) is 1. The Morgan fingerprint density at radius 2 is 2.27 bits per heavy atom. The molecule has 22 heavy (non-hydrogen) atoms. The Labute approximate surface area is 140 Å². The third kappa shape index (κ3) is 4.40. The van der Waals surface area contributed by atoms with Gasteiger partial charge >= 0.3 is 0 Å². The molecule has 1 amide bonds. The Kier molecular flexibility index (Phi) is 5.70. The van der Waals surface area contributed by atoms with Crippen LogP contribution in [0.3, 0.4) is 0 Å². The van der Waals surface area contributed by atoms with Crippen LogP contribution in [0.15, 0.2) is 30.0 Å². The van der Waals surface area contributed by atoms with Gasteiger partial charge in [-0.3, -0.25) is 4.79 Å². The maximum Gasteiger partial charge on any atom is 0.267 e. The van der Waals surface area contributed by atoms with Crippen LogP contribution >= 0.6 is 23.2 Å². The van der Waals surface area contributed by atoms with Crippen LogP contribution in [0.2, 0.25) is 10.0 Å². The highest BCUT2D eigenvalue weighted by Gasteiger charge is 2.17. The fourth-order valence-electron chi connectivity index (χ4n) is 2.45. The van der Waals surface area contributed by atoms with E-state index in [1.807, 2.05) is 11.0 Å². The number of anilines is 1. The van der Waals surface area contributed by atoms with E-state index >= 15 is 0 Å². The smallest absolute Gasteiger partial charge is 0.267 e. The Hall–Kier alpha value is -1.70. The number of carbonyl (C=O) groups is 1. The molecule has 1 heterocycles. The van der Waals surface area contributed by atoms with E-state index in [-0.39, 0.29) is 5.57 Å². The maximum atomic E-state index is 12.2. The second-order valence-electron chi connectivity index (χ2n) is 5.48. The summed E-state index contributed by atoms with van der Waals surface area (Å²) in [6.45, 7) is 3.88. The van der Waals surface area contributed by atoms with Crippen LogP contribution in [0.4, 0.5) is 5.69 Å². The van der Waals surface area contributed by atoms with Crippen molar-refractivity contribution in [2.45, 2.75) is 19.8 Å². The van der Waals surface area contributed by atoms with E-state index < -0.39 is 5.91 Å². The number of nitriles is 1. The summed E-state index contributed by atoms with van der Waals surface area (Å²) in [6, 6.07) is 6.74. The molecule has 1 atom stereocenters. The van der Waals surface area contributed by atoms with Gasteiger partial charge < -0.3 is 10.2 Å². The summed E-state index contributed by atoms with van der Waals surface area (Å²) < 4.78 is 0. The van der Waals surface area contributed by atoms with Crippen LogP contribution in [-0.2, 0) is 4.79 Å². The molecule has 0 spiro atoms. The number of nitrogens with zero attached hydrogens (tertiary/aromatic N) is 2. The summed E-state index contributed by atoms with van der Waals surface area (Å²) in [5.74, 6) is 0.0836. The minimum absolute atomic E-state index is 0.0603. The van der Waals surface area contributed by atoms with Gasteiger partial charge in [0.05, 0.1) is 10.7 Å². The zero-order valence-corrected chi connectivity index (χ0v) is 13.8. The highest BCUT2D eigenvalue weighted by molar-refractivity contribution is 6.35. The fourth-order valence-corrected chi connectivity index (χ4v) is 2.78. The summed E-state index contributed by atoms with van der Waals surface area (Å²) in [5.41, 5.74) is 0.456. The third-order valence-corrected chi connectivity index (χ3v) is 4.11. The molecular formula is C16H17Cl2N3O. The average Bonchev–Trinajstić information content (AvgIpc) is 2.48. The van der Waals surface area contributed by atoms with Gasteiger partial charge in [-0.2, -0.15) is 5.26 Å². The van der Waals surface area contributed by atoms with Crippen molar-refractivity contribution in [2.24, 2.45) is 5.92 Å². The van der Waals surface area contributed by atoms with Gasteiger partial charge in [0.15, 0.2) is 0 Å². The van der Waals surface area contributed by atoms with Crippen molar-refractivity contribution in [1.82, 2.24) is 4.90 Å². The predicted octanol–water partition coefficient (Wildman–Crippen LogP) is 4.07. The molecule has 0 radical (unpaired) electrons. The number of piperidine rings is 1. The van der Waals surface area contributed by atoms with E-state index in [1.54, 1.807) is 24.4 Å². The van der Waals surface area contributed by atoms with Crippen LogP contribution in [-0.4, -0.2) is 23.9 Å². The number of benzene rings is 1. The quantitative estimate of drug-likeness (QED) is 0.668. The van der Waals surface area contributed by atoms with Crippen molar-refractivity contribution in [1.29, 1.82) is 5.26 Å². The van der Waals surface area contributed by atoms with Crippen molar-refractivity contribution >= 4 is 34.8 Å². The monoisotopic (exact) mass is 337 g/mol. The number of amides is 1. The molecule has 0 saturated carbocycles. The zero-order valence-electron chi connectivity index (χ0n) is 12.3. The van der Waals surface area contributed by atoms with Gasteiger partial charge in [-0.1, -0.05) is 30.1 Å². The minimum Gasteiger partial charge on any atom is -0.376 e. The molecule has 0 bridgehead atoms. The molecule has 4 nitrogen and oxygen atoms in total. The molecule has 116 valence electrons. The first-order chi connectivity index (χ1) is 10.5. The van der Waals surface area contributed by atoms with E-state index in [2.05, 4.69) is 12.2 Å². The second-order valence-corrected chi connectivity index (χ2v) is 6.32. The minimum atomic E-state index is -0.482. The number of hydrogen-bond acceptors (Lipinski definition) is 3. The van der Waals surface area contributed by atoms with E-state index in [0.29, 0.717) is 21.7 Å². The normalized spacial score (nSPS) is 18.7. The largest absolute Gasteiger partial charge is 0.376 e. The summed E-state index contributed by atoms with van der Waals surface area (Å²) >= 11 is 11.9. The highest BCUT2D eigenvalue weighted by Crippen LogP contribution is 2.26. The molecule has 2 rings (SSSR count).